The highest BCUT2D eigenvalue weighted by atomic mass is 16.2. The molecule has 4 nitrogen and oxygen atoms in total. The molecule has 0 spiro atoms. The summed E-state index contributed by atoms with van der Waals surface area (Å²) in [6.45, 7) is 1.48. The standard InChI is InChI=1S/C11H17N3O/c1-12-8-9-14(2)11(15)13-10-6-4-3-5-7-10/h3-7,12H,8-9H2,1-2H3,(H,13,15). The van der Waals surface area contributed by atoms with Gasteiger partial charge < -0.3 is 15.5 Å². The smallest absolute Gasteiger partial charge is 0.321 e. The molecule has 1 aromatic carbocycles. The van der Waals surface area contributed by atoms with Gasteiger partial charge in [-0.25, -0.2) is 4.79 Å². The summed E-state index contributed by atoms with van der Waals surface area (Å²) in [5, 5.41) is 5.81. The lowest BCUT2D eigenvalue weighted by atomic mass is 10.3. The van der Waals surface area contributed by atoms with Crippen LogP contribution in [0.4, 0.5) is 10.5 Å². The number of amides is 2. The Morgan fingerprint density at radius 3 is 2.60 bits per heavy atom. The molecule has 0 saturated heterocycles. The van der Waals surface area contributed by atoms with Crippen LogP contribution in [0, 0.1) is 0 Å². The van der Waals surface area contributed by atoms with Gasteiger partial charge in [-0.2, -0.15) is 0 Å². The van der Waals surface area contributed by atoms with E-state index in [0.717, 1.165) is 12.2 Å². The van der Waals surface area contributed by atoms with Crippen LogP contribution in [-0.2, 0) is 0 Å². The summed E-state index contributed by atoms with van der Waals surface area (Å²) in [5.74, 6) is 0. The molecule has 0 atom stereocenters. The third kappa shape index (κ3) is 3.99. The number of nitrogens with zero attached hydrogens (tertiary/aromatic N) is 1. The van der Waals surface area contributed by atoms with Crippen LogP contribution in [0.2, 0.25) is 0 Å². The fraction of sp³-hybridized carbons (Fsp3) is 0.364. The minimum absolute atomic E-state index is 0.0866. The number of carbonyl (C=O) groups is 1. The molecule has 0 aliphatic rings. The monoisotopic (exact) mass is 207 g/mol. The van der Waals surface area contributed by atoms with E-state index in [1.807, 2.05) is 37.4 Å². The van der Waals surface area contributed by atoms with Crippen molar-refractivity contribution in [3.63, 3.8) is 0 Å². The third-order valence-corrected chi connectivity index (χ3v) is 2.07. The Bertz CT molecular complexity index is 300. The first-order chi connectivity index (χ1) is 7.24. The lowest BCUT2D eigenvalue weighted by Crippen LogP contribution is -2.35. The average Bonchev–Trinajstić information content (AvgIpc) is 2.27. The number of rotatable bonds is 4. The first-order valence-corrected chi connectivity index (χ1v) is 4.96. The highest BCUT2D eigenvalue weighted by Crippen LogP contribution is 2.05. The second-order valence-electron chi connectivity index (χ2n) is 3.32. The van der Waals surface area contributed by atoms with Crippen LogP contribution >= 0.6 is 0 Å². The molecule has 0 fully saturated rings. The second kappa shape index (κ2) is 6.03. The van der Waals surface area contributed by atoms with Gasteiger partial charge in [-0.05, 0) is 19.2 Å². The fourth-order valence-electron chi connectivity index (χ4n) is 1.12. The topological polar surface area (TPSA) is 44.4 Å². The van der Waals surface area contributed by atoms with Crippen LogP contribution < -0.4 is 10.6 Å². The third-order valence-electron chi connectivity index (χ3n) is 2.07. The van der Waals surface area contributed by atoms with E-state index in [-0.39, 0.29) is 6.03 Å². The van der Waals surface area contributed by atoms with Crippen LogP contribution in [0.5, 0.6) is 0 Å². The van der Waals surface area contributed by atoms with Crippen molar-refractivity contribution < 1.29 is 4.79 Å². The minimum Gasteiger partial charge on any atom is -0.326 e. The van der Waals surface area contributed by atoms with E-state index in [1.54, 1.807) is 11.9 Å². The van der Waals surface area contributed by atoms with Gasteiger partial charge in [0.05, 0.1) is 0 Å². The quantitative estimate of drug-likeness (QED) is 0.783. The van der Waals surface area contributed by atoms with E-state index in [1.165, 1.54) is 0 Å². The Morgan fingerprint density at radius 2 is 2.00 bits per heavy atom. The highest BCUT2D eigenvalue weighted by molar-refractivity contribution is 5.89. The molecular weight excluding hydrogens is 190 g/mol. The molecule has 1 aromatic rings. The predicted octanol–water partition coefficient (Wildman–Crippen LogP) is 1.37. The largest absolute Gasteiger partial charge is 0.326 e. The molecule has 0 heterocycles. The molecule has 0 aromatic heterocycles. The van der Waals surface area contributed by atoms with Gasteiger partial charge in [0.15, 0.2) is 0 Å². The number of anilines is 1. The van der Waals surface area contributed by atoms with E-state index in [9.17, 15) is 4.79 Å². The van der Waals surface area contributed by atoms with Crippen LogP contribution in [0.1, 0.15) is 0 Å². The molecule has 4 heteroatoms. The zero-order valence-electron chi connectivity index (χ0n) is 9.16. The van der Waals surface area contributed by atoms with Crippen LogP contribution in [0.15, 0.2) is 30.3 Å². The summed E-state index contributed by atoms with van der Waals surface area (Å²) < 4.78 is 0. The normalized spacial score (nSPS) is 9.73. The van der Waals surface area contributed by atoms with Crippen molar-refractivity contribution in [3.8, 4) is 0 Å². The van der Waals surface area contributed by atoms with E-state index in [2.05, 4.69) is 10.6 Å². The number of para-hydroxylation sites is 1. The van der Waals surface area contributed by atoms with Crippen LogP contribution in [-0.4, -0.2) is 38.1 Å². The van der Waals surface area contributed by atoms with Crippen molar-refractivity contribution >= 4 is 11.7 Å². The molecular formula is C11H17N3O. The number of urea groups is 1. The molecule has 82 valence electrons. The fourth-order valence-corrected chi connectivity index (χ4v) is 1.12. The Labute approximate surface area is 90.3 Å². The highest BCUT2D eigenvalue weighted by Gasteiger charge is 2.06. The summed E-state index contributed by atoms with van der Waals surface area (Å²) >= 11 is 0. The molecule has 2 amide bonds. The van der Waals surface area contributed by atoms with Crippen molar-refractivity contribution in [1.82, 2.24) is 10.2 Å². The van der Waals surface area contributed by atoms with E-state index in [4.69, 9.17) is 0 Å². The van der Waals surface area contributed by atoms with Gasteiger partial charge in [-0.1, -0.05) is 18.2 Å². The van der Waals surface area contributed by atoms with E-state index < -0.39 is 0 Å². The van der Waals surface area contributed by atoms with Gasteiger partial charge in [0.25, 0.3) is 0 Å². The Morgan fingerprint density at radius 1 is 1.33 bits per heavy atom. The zero-order valence-corrected chi connectivity index (χ0v) is 9.16. The van der Waals surface area contributed by atoms with Crippen molar-refractivity contribution in [1.29, 1.82) is 0 Å². The van der Waals surface area contributed by atoms with Gasteiger partial charge in [0.1, 0.15) is 0 Å². The van der Waals surface area contributed by atoms with Crippen LogP contribution in [0.25, 0.3) is 0 Å². The molecule has 0 bridgehead atoms. The minimum atomic E-state index is -0.0866. The second-order valence-corrected chi connectivity index (χ2v) is 3.32. The first-order valence-electron chi connectivity index (χ1n) is 4.96. The predicted molar refractivity (Wildman–Crippen MR) is 62.0 cm³/mol. The summed E-state index contributed by atoms with van der Waals surface area (Å²) in [5.41, 5.74) is 0.818. The maximum absolute atomic E-state index is 11.6. The van der Waals surface area contributed by atoms with Gasteiger partial charge in [-0.15, -0.1) is 0 Å². The van der Waals surface area contributed by atoms with Gasteiger partial charge in [0, 0.05) is 25.8 Å². The van der Waals surface area contributed by atoms with Crippen molar-refractivity contribution in [2.24, 2.45) is 0 Å². The summed E-state index contributed by atoms with van der Waals surface area (Å²) in [4.78, 5) is 13.2. The summed E-state index contributed by atoms with van der Waals surface area (Å²) in [6.07, 6.45) is 0. The first kappa shape index (κ1) is 11.5. The maximum atomic E-state index is 11.6. The Kier molecular flexibility index (Phi) is 4.63. The number of hydrogen-bond acceptors (Lipinski definition) is 2. The summed E-state index contributed by atoms with van der Waals surface area (Å²) in [6, 6.07) is 9.34. The van der Waals surface area contributed by atoms with Crippen LogP contribution in [0.3, 0.4) is 0 Å². The number of hydrogen-bond donors (Lipinski definition) is 2. The van der Waals surface area contributed by atoms with E-state index in [0.29, 0.717) is 6.54 Å². The number of nitrogens with one attached hydrogen (secondary N) is 2. The SMILES string of the molecule is CNCCN(C)C(=O)Nc1ccccc1. The molecule has 15 heavy (non-hydrogen) atoms. The average molecular weight is 207 g/mol. The molecule has 1 rings (SSSR count). The molecule has 0 saturated carbocycles. The lowest BCUT2D eigenvalue weighted by molar-refractivity contribution is 0.223. The van der Waals surface area contributed by atoms with Crippen molar-refractivity contribution in [2.75, 3.05) is 32.5 Å². The Balaban J connectivity index is 2.42. The van der Waals surface area contributed by atoms with Crippen molar-refractivity contribution in [2.45, 2.75) is 0 Å². The van der Waals surface area contributed by atoms with E-state index >= 15 is 0 Å². The Hall–Kier alpha value is -1.55. The molecule has 0 unspecified atom stereocenters. The van der Waals surface area contributed by atoms with Crippen molar-refractivity contribution in [3.05, 3.63) is 30.3 Å². The van der Waals surface area contributed by atoms with Gasteiger partial charge in [0.2, 0.25) is 0 Å². The van der Waals surface area contributed by atoms with Gasteiger partial charge >= 0.3 is 6.03 Å². The lowest BCUT2D eigenvalue weighted by Gasteiger charge is -2.17. The maximum Gasteiger partial charge on any atom is 0.321 e. The zero-order chi connectivity index (χ0) is 11.1. The number of benzene rings is 1. The molecule has 0 aliphatic carbocycles. The molecule has 0 radical (unpaired) electrons. The number of carbonyl (C=O) groups excluding carboxylic acids is 1. The summed E-state index contributed by atoms with van der Waals surface area (Å²) in [7, 11) is 3.64. The molecule has 0 aliphatic heterocycles. The number of likely N-dealkylation sites (N-methyl/N-ethyl adjacent to an activating group) is 2. The molecule has 2 N–H and O–H groups in total. The van der Waals surface area contributed by atoms with Gasteiger partial charge in [-0.3, -0.25) is 0 Å².